The van der Waals surface area contributed by atoms with Crippen LogP contribution in [0.15, 0.2) is 41.3 Å². The second-order valence-corrected chi connectivity index (χ2v) is 16.1. The summed E-state index contributed by atoms with van der Waals surface area (Å²) in [5, 5.41) is 6.18. The van der Waals surface area contributed by atoms with Crippen molar-refractivity contribution in [2.75, 3.05) is 0 Å². The Morgan fingerprint density at radius 3 is 2.27 bits per heavy atom. The Morgan fingerprint density at radius 1 is 1.03 bits per heavy atom. The molecule has 0 heterocycles. The predicted molar refractivity (Wildman–Crippen MR) is 145 cm³/mol. The Hall–Kier alpha value is -1.64. The lowest BCUT2D eigenvalue weighted by Crippen LogP contribution is -2.40. The van der Waals surface area contributed by atoms with E-state index in [0.717, 1.165) is 46.2 Å². The number of phenols is 1. The third-order valence-corrected chi connectivity index (χ3v) is 10.9. The van der Waals surface area contributed by atoms with Crippen LogP contribution in [0.5, 0.6) is 5.75 Å². The van der Waals surface area contributed by atoms with Gasteiger partial charge in [-0.15, -0.1) is 0 Å². The number of halogens is 2. The van der Waals surface area contributed by atoms with Gasteiger partial charge in [0.2, 0.25) is 0 Å². The van der Waals surface area contributed by atoms with Crippen LogP contribution in [-0.4, -0.2) is 28.1 Å². The molecule has 0 aromatic heterocycles. The van der Waals surface area contributed by atoms with Gasteiger partial charge in [0.05, 0.1) is 0 Å². The van der Waals surface area contributed by atoms with Gasteiger partial charge in [-0.05, 0) is 70.9 Å². The van der Waals surface area contributed by atoms with Crippen LogP contribution in [0.1, 0.15) is 84.8 Å². The van der Waals surface area contributed by atoms with Gasteiger partial charge in [0, 0.05) is 36.1 Å². The molecule has 8 heteroatoms. The van der Waals surface area contributed by atoms with Crippen molar-refractivity contribution in [1.82, 2.24) is 0 Å². The quantitative estimate of drug-likeness (QED) is 0.240. The van der Waals surface area contributed by atoms with Crippen molar-refractivity contribution in [2.45, 2.75) is 99.4 Å². The minimum atomic E-state index is -5.72. The highest BCUT2D eigenvalue weighted by molar-refractivity contribution is 7.86. The first-order valence-corrected chi connectivity index (χ1v) is 15.2. The van der Waals surface area contributed by atoms with E-state index in [9.17, 15) is 26.9 Å². The summed E-state index contributed by atoms with van der Waals surface area (Å²) in [6.45, 7) is 13.0. The zero-order valence-corrected chi connectivity index (χ0v) is 24.1. The van der Waals surface area contributed by atoms with Crippen molar-refractivity contribution in [2.24, 2.45) is 11.8 Å². The van der Waals surface area contributed by atoms with Crippen LogP contribution in [0.3, 0.4) is 0 Å². The van der Waals surface area contributed by atoms with Gasteiger partial charge >= 0.3 is 5.25 Å². The molecule has 1 N–H and O–H groups in total. The number of alkyl halides is 2. The molecule has 2 fully saturated rings. The van der Waals surface area contributed by atoms with E-state index in [-0.39, 0.29) is 22.5 Å². The molecule has 2 aromatic rings. The molecule has 2 bridgehead atoms. The van der Waals surface area contributed by atoms with Gasteiger partial charge < -0.3 is 9.66 Å². The maximum Gasteiger partial charge on any atom is 0.335 e. The first-order valence-electron chi connectivity index (χ1n) is 12.9. The van der Waals surface area contributed by atoms with Crippen molar-refractivity contribution >= 4 is 21.9 Å². The minimum Gasteiger partial charge on any atom is -0.743 e. The SMILES string of the molecule is CC(C)(C)c1ccc(-c2cc(O)ccc2[SH+]C23CCC(CC2CC(F)(F)S(=O)(=O)[O-])C3)c(C(C)(C)C)c1. The van der Waals surface area contributed by atoms with Gasteiger partial charge in [-0.25, -0.2) is 8.42 Å². The van der Waals surface area contributed by atoms with E-state index in [4.69, 9.17) is 0 Å². The summed E-state index contributed by atoms with van der Waals surface area (Å²) in [5.74, 6) is -0.166. The number of benzene rings is 2. The summed E-state index contributed by atoms with van der Waals surface area (Å²) in [6, 6.07) is 11.6. The number of thiol groups is 1. The van der Waals surface area contributed by atoms with E-state index in [2.05, 4.69) is 59.7 Å². The number of hydrogen-bond donors (Lipinski definition) is 1. The standard InChI is InChI=1S/C29H38F2O4S2/c1-26(2,3)19-7-9-22(24(14-19)27(4,5)6)23-15-21(32)8-10-25(23)36-28-12-11-18(16-28)13-20(28)17-29(30,31)37(33,34)35/h7-10,14-15,18,20,32H,11-13,16-17H2,1-6H3,(H,33,34,35). The van der Waals surface area contributed by atoms with E-state index in [1.807, 2.05) is 6.07 Å². The van der Waals surface area contributed by atoms with Crippen LogP contribution in [0.25, 0.3) is 11.1 Å². The summed E-state index contributed by atoms with van der Waals surface area (Å²) in [6.07, 6.45) is 1.96. The average molecular weight is 553 g/mol. The van der Waals surface area contributed by atoms with Crippen molar-refractivity contribution in [3.05, 3.63) is 47.5 Å². The van der Waals surface area contributed by atoms with E-state index >= 15 is 0 Å². The second-order valence-electron chi connectivity index (χ2n) is 13.0. The smallest absolute Gasteiger partial charge is 0.335 e. The first-order chi connectivity index (χ1) is 16.8. The predicted octanol–water partition coefficient (Wildman–Crippen LogP) is 6.91. The molecular weight excluding hydrogens is 514 g/mol. The molecule has 0 aliphatic heterocycles. The van der Waals surface area contributed by atoms with E-state index in [0.29, 0.717) is 12.8 Å². The van der Waals surface area contributed by atoms with Gasteiger partial charge in [0.25, 0.3) is 0 Å². The number of fused-ring (bicyclic) bond motifs is 2. The lowest BCUT2D eigenvalue weighted by molar-refractivity contribution is 0.0445. The number of aromatic hydroxyl groups is 1. The molecule has 3 unspecified atom stereocenters. The maximum atomic E-state index is 14.4. The van der Waals surface area contributed by atoms with E-state index < -0.39 is 32.5 Å². The van der Waals surface area contributed by atoms with Crippen molar-refractivity contribution in [3.8, 4) is 16.9 Å². The molecule has 2 aromatic carbocycles. The van der Waals surface area contributed by atoms with E-state index in [1.54, 1.807) is 12.1 Å². The highest BCUT2D eigenvalue weighted by Crippen LogP contribution is 2.58. The Morgan fingerprint density at radius 2 is 1.70 bits per heavy atom. The lowest BCUT2D eigenvalue weighted by atomic mass is 9.77. The summed E-state index contributed by atoms with van der Waals surface area (Å²) >= 11 is 0.841. The van der Waals surface area contributed by atoms with Crippen molar-refractivity contribution < 1.29 is 26.9 Å². The molecule has 2 aliphatic carbocycles. The third kappa shape index (κ3) is 5.57. The van der Waals surface area contributed by atoms with Crippen LogP contribution in [0, 0.1) is 11.8 Å². The molecule has 2 saturated carbocycles. The molecule has 0 spiro atoms. The molecule has 2 aliphatic rings. The van der Waals surface area contributed by atoms with Crippen LogP contribution in [0.2, 0.25) is 0 Å². The zero-order chi connectivity index (χ0) is 27.6. The summed E-state index contributed by atoms with van der Waals surface area (Å²) in [7, 11) is -5.72. The molecular formula is C29H38F2O4S2. The highest BCUT2D eigenvalue weighted by Gasteiger charge is 2.61. The Balaban J connectivity index is 1.79. The van der Waals surface area contributed by atoms with Crippen LogP contribution >= 0.6 is 0 Å². The van der Waals surface area contributed by atoms with Gasteiger partial charge in [0.1, 0.15) is 10.5 Å². The Kier molecular flexibility index (Phi) is 7.08. The lowest BCUT2D eigenvalue weighted by Gasteiger charge is -2.32. The third-order valence-electron chi connectivity index (χ3n) is 8.16. The number of hydrogen-bond acceptors (Lipinski definition) is 4. The second kappa shape index (κ2) is 9.23. The first kappa shape index (κ1) is 28.4. The molecule has 4 rings (SSSR count). The van der Waals surface area contributed by atoms with Crippen LogP contribution < -0.4 is 0 Å². The van der Waals surface area contributed by atoms with Gasteiger partial charge in [0.15, 0.2) is 15.0 Å². The fourth-order valence-corrected chi connectivity index (χ4v) is 8.46. The van der Waals surface area contributed by atoms with Gasteiger partial charge in [-0.2, -0.15) is 8.78 Å². The number of rotatable bonds is 6. The minimum absolute atomic E-state index is 0.0412. The maximum absolute atomic E-state index is 14.4. The molecule has 37 heavy (non-hydrogen) atoms. The monoisotopic (exact) mass is 552 g/mol. The average Bonchev–Trinajstić information content (AvgIpc) is 3.30. The molecule has 0 amide bonds. The van der Waals surface area contributed by atoms with Crippen molar-refractivity contribution in [3.63, 3.8) is 0 Å². The fraction of sp³-hybridized carbons (Fsp3) is 0.586. The van der Waals surface area contributed by atoms with Gasteiger partial charge in [-0.1, -0.05) is 59.7 Å². The normalized spacial score (nSPS) is 24.6. The largest absolute Gasteiger partial charge is 0.743 e. The molecule has 0 saturated heterocycles. The summed E-state index contributed by atoms with van der Waals surface area (Å²) in [5.41, 5.74) is 3.96. The molecule has 4 nitrogen and oxygen atoms in total. The molecule has 204 valence electrons. The summed E-state index contributed by atoms with van der Waals surface area (Å²) in [4.78, 5) is 0.924. The zero-order valence-electron chi connectivity index (χ0n) is 22.4. The Bertz CT molecular complexity index is 1290. The molecule has 3 atom stereocenters. The number of phenolic OH excluding ortho intramolecular Hbond substituents is 1. The highest BCUT2D eigenvalue weighted by atomic mass is 32.2. The van der Waals surface area contributed by atoms with Gasteiger partial charge in [-0.3, -0.25) is 0 Å². The molecule has 0 radical (unpaired) electrons. The van der Waals surface area contributed by atoms with E-state index in [1.165, 1.54) is 5.56 Å². The van der Waals surface area contributed by atoms with Crippen LogP contribution in [0.4, 0.5) is 8.78 Å². The topological polar surface area (TPSA) is 77.4 Å². The summed E-state index contributed by atoms with van der Waals surface area (Å²) < 4.78 is 62.1. The van der Waals surface area contributed by atoms with Crippen LogP contribution in [-0.2, 0) is 32.7 Å². The Labute approximate surface area is 224 Å². The fourth-order valence-electron chi connectivity index (χ4n) is 6.15. The van der Waals surface area contributed by atoms with Crippen molar-refractivity contribution in [1.29, 1.82) is 0 Å².